The maximum absolute atomic E-state index is 13.0. The summed E-state index contributed by atoms with van der Waals surface area (Å²) < 4.78 is 22.1. The fourth-order valence-corrected chi connectivity index (χ4v) is 6.12. The molecule has 12 nitrogen and oxygen atoms in total. The summed E-state index contributed by atoms with van der Waals surface area (Å²) in [4.78, 5) is 59.8. The summed E-state index contributed by atoms with van der Waals surface area (Å²) in [5.41, 5.74) is 0.170. The van der Waals surface area contributed by atoms with Crippen molar-refractivity contribution in [2.24, 2.45) is 0 Å². The van der Waals surface area contributed by atoms with E-state index < -0.39 is 5.97 Å². The molecule has 304 valence electrons. The van der Waals surface area contributed by atoms with Crippen LogP contribution in [0.4, 0.5) is 0 Å². The monoisotopic (exact) mass is 796 g/mol. The molecular weight excluding hydrogens is 725 g/mol. The van der Waals surface area contributed by atoms with Gasteiger partial charge in [0.15, 0.2) is 11.0 Å². The van der Waals surface area contributed by atoms with Gasteiger partial charge in [0, 0.05) is 51.7 Å². The Morgan fingerprint density at radius 3 is 1.40 bits per heavy atom. The molecular formula is C37H71N2O10P3. The van der Waals surface area contributed by atoms with Gasteiger partial charge in [0.25, 0.3) is 0 Å². The lowest BCUT2D eigenvalue weighted by Gasteiger charge is -2.23. The highest BCUT2D eigenvalue weighted by Gasteiger charge is 2.13. The largest absolute Gasteiger partial charge is 0.481 e. The second-order valence-corrected chi connectivity index (χ2v) is 15.4. The lowest BCUT2D eigenvalue weighted by molar-refractivity contribution is -0.137. The fourth-order valence-electron chi connectivity index (χ4n) is 5.32. The zero-order chi connectivity index (χ0) is 38.3. The van der Waals surface area contributed by atoms with E-state index in [0.29, 0.717) is 111 Å². The molecule has 0 saturated heterocycles. The van der Waals surface area contributed by atoms with Crippen molar-refractivity contribution in [3.8, 4) is 0 Å². The molecule has 3 unspecified atom stereocenters. The Bertz CT molecular complexity index is 917. The summed E-state index contributed by atoms with van der Waals surface area (Å²) in [5.74, 6) is -0.598. The van der Waals surface area contributed by atoms with Gasteiger partial charge in [-0.25, -0.2) is 0 Å². The van der Waals surface area contributed by atoms with Crippen LogP contribution in [-0.4, -0.2) is 111 Å². The van der Waals surface area contributed by atoms with Crippen LogP contribution < -0.4 is 5.32 Å². The van der Waals surface area contributed by atoms with Crippen molar-refractivity contribution in [1.29, 1.82) is 0 Å². The third-order valence-corrected chi connectivity index (χ3v) is 10.2. The standard InChI is InChI=1S/C37H71N2O10P3/c40-33(17-13-11-9-7-5-3-1-2-4-6-8-10-12-14-19-35(42)43)38-22-16-15-18-34(41)39(23-27-48-31-29-46-25-20-36(44)50)24-28-49-32-30-47-26-21-37(45)52-51/h52H,1-32,50-51H2,(H,38,40)(H,42,43). The van der Waals surface area contributed by atoms with Crippen LogP contribution in [0.5, 0.6) is 0 Å². The molecule has 15 heteroatoms. The molecule has 2 amide bonds. The summed E-state index contributed by atoms with van der Waals surface area (Å²) in [7, 11) is 4.77. The molecule has 0 aromatic heterocycles. The number of carbonyl (C=O) groups excluding carboxylic acids is 4. The van der Waals surface area contributed by atoms with Gasteiger partial charge in [-0.3, -0.25) is 24.0 Å². The smallest absolute Gasteiger partial charge is 0.303 e. The Labute approximate surface area is 320 Å². The van der Waals surface area contributed by atoms with Crippen LogP contribution in [0.3, 0.4) is 0 Å². The molecule has 0 spiro atoms. The number of carboxylic acid groups (broad SMARTS) is 1. The molecule has 0 fully saturated rings. The second kappa shape index (κ2) is 39.6. The highest BCUT2D eigenvalue weighted by atomic mass is 32.0. The predicted molar refractivity (Wildman–Crippen MR) is 215 cm³/mol. The van der Waals surface area contributed by atoms with Gasteiger partial charge in [-0.2, -0.15) is 0 Å². The molecule has 52 heavy (non-hydrogen) atoms. The molecule has 0 bridgehead atoms. The van der Waals surface area contributed by atoms with E-state index in [2.05, 4.69) is 23.5 Å². The molecule has 0 rings (SSSR count). The topological polar surface area (TPSA) is 158 Å². The van der Waals surface area contributed by atoms with Crippen LogP contribution in [-0.2, 0) is 42.9 Å². The van der Waals surface area contributed by atoms with Gasteiger partial charge in [0.1, 0.15) is 0 Å². The second-order valence-electron chi connectivity index (χ2n) is 13.0. The number of amides is 2. The first-order chi connectivity index (χ1) is 25.3. The van der Waals surface area contributed by atoms with Crippen molar-refractivity contribution >= 4 is 55.3 Å². The van der Waals surface area contributed by atoms with Gasteiger partial charge in [-0.15, -0.1) is 8.93 Å². The summed E-state index contributed by atoms with van der Waals surface area (Å²) in [5, 5.41) is 11.6. The number of ether oxygens (including phenoxy) is 4. The minimum Gasteiger partial charge on any atom is -0.481 e. The van der Waals surface area contributed by atoms with Crippen LogP contribution >= 0.6 is 26.4 Å². The van der Waals surface area contributed by atoms with Crippen molar-refractivity contribution < 1.29 is 48.0 Å². The molecule has 0 radical (unpaired) electrons. The maximum atomic E-state index is 13.0. The molecule has 0 heterocycles. The minimum atomic E-state index is -0.692. The third-order valence-electron chi connectivity index (χ3n) is 8.42. The van der Waals surface area contributed by atoms with E-state index in [9.17, 15) is 24.0 Å². The number of carbonyl (C=O) groups is 5. The fraction of sp³-hybridized carbons (Fsp3) is 0.865. The Morgan fingerprint density at radius 1 is 0.519 bits per heavy atom. The zero-order valence-corrected chi connectivity index (χ0v) is 35.2. The first-order valence-electron chi connectivity index (χ1n) is 19.6. The number of aliphatic carboxylic acids is 1. The summed E-state index contributed by atoms with van der Waals surface area (Å²) in [6.07, 6.45) is 19.6. The van der Waals surface area contributed by atoms with Gasteiger partial charge in [-0.1, -0.05) is 86.3 Å². The van der Waals surface area contributed by atoms with Gasteiger partial charge in [0.05, 0.1) is 52.9 Å². The van der Waals surface area contributed by atoms with E-state index in [1.165, 1.54) is 57.8 Å². The van der Waals surface area contributed by atoms with E-state index in [1.807, 2.05) is 0 Å². The van der Waals surface area contributed by atoms with Gasteiger partial charge >= 0.3 is 5.97 Å². The number of rotatable bonds is 41. The Balaban J connectivity index is 3.97. The van der Waals surface area contributed by atoms with E-state index in [1.54, 1.807) is 4.90 Å². The Morgan fingerprint density at radius 2 is 0.942 bits per heavy atom. The highest BCUT2D eigenvalue weighted by Crippen LogP contribution is 2.22. The molecule has 0 aliphatic rings. The van der Waals surface area contributed by atoms with Crippen LogP contribution in [0.2, 0.25) is 0 Å². The average molecular weight is 797 g/mol. The van der Waals surface area contributed by atoms with E-state index >= 15 is 0 Å². The van der Waals surface area contributed by atoms with Gasteiger partial charge in [-0.05, 0) is 34.0 Å². The average Bonchev–Trinajstić information content (AvgIpc) is 3.11. The van der Waals surface area contributed by atoms with Crippen LogP contribution in [0, 0.1) is 0 Å². The van der Waals surface area contributed by atoms with E-state index in [-0.39, 0.29) is 31.1 Å². The number of nitrogens with one attached hydrogen (secondary N) is 1. The minimum absolute atomic E-state index is 0.00417. The first kappa shape index (κ1) is 50.9. The number of unbranched alkanes of at least 4 members (excludes halogenated alkanes) is 14. The van der Waals surface area contributed by atoms with Gasteiger partial charge < -0.3 is 34.3 Å². The lowest BCUT2D eigenvalue weighted by atomic mass is 10.0. The number of hydrogen-bond donors (Lipinski definition) is 2. The van der Waals surface area contributed by atoms with Crippen LogP contribution in [0.1, 0.15) is 135 Å². The summed E-state index contributed by atoms with van der Waals surface area (Å²) in [6, 6.07) is 0. The maximum Gasteiger partial charge on any atom is 0.303 e. The van der Waals surface area contributed by atoms with E-state index in [4.69, 9.17) is 24.1 Å². The normalized spacial score (nSPS) is 11.3. The van der Waals surface area contributed by atoms with Crippen molar-refractivity contribution in [2.45, 2.75) is 135 Å². The molecule has 2 N–H and O–H groups in total. The summed E-state index contributed by atoms with van der Waals surface area (Å²) >= 11 is 0. The highest BCUT2D eigenvalue weighted by molar-refractivity contribution is 8.11. The Kier molecular flexibility index (Phi) is 38.7. The number of nitrogens with zero attached hydrogens (tertiary/aromatic N) is 1. The molecule has 0 aromatic rings. The quantitative estimate of drug-likeness (QED) is 0.0506. The number of hydrogen-bond acceptors (Lipinski definition) is 9. The van der Waals surface area contributed by atoms with Crippen molar-refractivity contribution in [3.63, 3.8) is 0 Å². The molecule has 0 aromatic carbocycles. The van der Waals surface area contributed by atoms with Crippen molar-refractivity contribution in [2.75, 3.05) is 72.5 Å². The van der Waals surface area contributed by atoms with E-state index in [0.717, 1.165) is 38.5 Å². The molecule has 0 aliphatic heterocycles. The lowest BCUT2D eigenvalue weighted by Crippen LogP contribution is -2.37. The predicted octanol–water partition coefficient (Wildman–Crippen LogP) is 6.67. The summed E-state index contributed by atoms with van der Waals surface area (Å²) in [6.45, 7) is 4.42. The third kappa shape index (κ3) is 38.6. The van der Waals surface area contributed by atoms with Crippen LogP contribution in [0.25, 0.3) is 0 Å². The van der Waals surface area contributed by atoms with Crippen molar-refractivity contribution in [1.82, 2.24) is 10.2 Å². The SMILES string of the molecule is O=C(O)CCCCCCCCCCCCCCCCC(=O)NCCCCC(=O)N(CCOCCOCCC(=O)P)CCOCCOCCC(=O)PP. The first-order valence-corrected chi connectivity index (χ1v) is 23.0. The zero-order valence-electron chi connectivity index (χ0n) is 31.9. The number of carboxylic acids is 1. The molecule has 0 aliphatic carbocycles. The molecule has 3 atom stereocenters. The van der Waals surface area contributed by atoms with Crippen molar-refractivity contribution in [3.05, 3.63) is 0 Å². The Hall–Kier alpha value is -1.12. The van der Waals surface area contributed by atoms with Gasteiger partial charge in [0.2, 0.25) is 11.8 Å². The molecule has 0 saturated carbocycles. The van der Waals surface area contributed by atoms with Crippen LogP contribution in [0.15, 0.2) is 0 Å².